The molecule has 0 aliphatic carbocycles. The molecule has 1 unspecified atom stereocenters. The molecule has 11 nitrogen and oxygen atoms in total. The normalized spacial score (nSPS) is 18.4. The maximum absolute atomic E-state index is 12.3. The van der Waals surface area contributed by atoms with Crippen molar-refractivity contribution in [2.75, 3.05) is 28.6 Å². The highest BCUT2D eigenvalue weighted by Crippen LogP contribution is 2.37. The summed E-state index contributed by atoms with van der Waals surface area (Å²) in [5, 5.41) is 17.7. The molecule has 184 valence electrons. The van der Waals surface area contributed by atoms with Crippen molar-refractivity contribution in [2.45, 2.75) is 45.3 Å². The van der Waals surface area contributed by atoms with Crippen molar-refractivity contribution in [3.8, 4) is 5.75 Å². The van der Waals surface area contributed by atoms with Crippen LogP contribution < -0.4 is 25.6 Å². The summed E-state index contributed by atoms with van der Waals surface area (Å²) in [6, 6.07) is 7.11. The molecule has 3 aromatic rings. The third-order valence-corrected chi connectivity index (χ3v) is 6.58. The Labute approximate surface area is 201 Å². The number of carboxylic acid groups (broad SMARTS) is 1. The van der Waals surface area contributed by atoms with Gasteiger partial charge in [-0.05, 0) is 57.7 Å². The maximum atomic E-state index is 12.3. The van der Waals surface area contributed by atoms with Gasteiger partial charge in [-0.2, -0.15) is 4.98 Å². The first-order valence-electron chi connectivity index (χ1n) is 11.6. The van der Waals surface area contributed by atoms with E-state index < -0.39 is 11.7 Å². The molecule has 1 atom stereocenters. The van der Waals surface area contributed by atoms with Gasteiger partial charge in [0.25, 0.3) is 5.91 Å². The van der Waals surface area contributed by atoms with E-state index in [-0.39, 0.29) is 17.9 Å². The molecule has 2 aliphatic heterocycles. The Morgan fingerprint density at radius 1 is 1.26 bits per heavy atom. The number of piperidine rings is 1. The van der Waals surface area contributed by atoms with E-state index in [1.54, 1.807) is 38.3 Å². The molecule has 2 amide bonds. The number of hydrogen-bond donors (Lipinski definition) is 4. The highest BCUT2D eigenvalue weighted by Gasteiger charge is 2.35. The third kappa shape index (κ3) is 4.53. The van der Waals surface area contributed by atoms with Crippen LogP contribution in [0.3, 0.4) is 0 Å². The van der Waals surface area contributed by atoms with Gasteiger partial charge >= 0.3 is 6.09 Å². The zero-order valence-corrected chi connectivity index (χ0v) is 19.8. The number of furan rings is 1. The molecule has 0 radical (unpaired) electrons. The van der Waals surface area contributed by atoms with Gasteiger partial charge in [-0.15, -0.1) is 0 Å². The molecule has 0 saturated carbocycles. The fourth-order valence-electron chi connectivity index (χ4n) is 4.56. The minimum atomic E-state index is -0.999. The van der Waals surface area contributed by atoms with Crippen molar-refractivity contribution in [3.05, 3.63) is 30.5 Å². The lowest BCUT2D eigenvalue weighted by molar-refractivity contribution is -0.129. The topological polar surface area (TPSA) is 142 Å². The number of benzene rings is 1. The fourth-order valence-corrected chi connectivity index (χ4v) is 4.56. The Morgan fingerprint density at radius 3 is 2.77 bits per heavy atom. The quantitative estimate of drug-likeness (QED) is 0.427. The van der Waals surface area contributed by atoms with E-state index in [9.17, 15) is 9.59 Å². The second-order valence-electron chi connectivity index (χ2n) is 9.47. The van der Waals surface area contributed by atoms with E-state index in [2.05, 4.69) is 25.8 Å². The highest BCUT2D eigenvalue weighted by molar-refractivity contribution is 6.00. The zero-order chi connectivity index (χ0) is 24.7. The van der Waals surface area contributed by atoms with Gasteiger partial charge in [-0.1, -0.05) is 0 Å². The molecule has 35 heavy (non-hydrogen) atoms. The van der Waals surface area contributed by atoms with Gasteiger partial charge in [0.2, 0.25) is 5.95 Å². The van der Waals surface area contributed by atoms with Crippen LogP contribution in [0.4, 0.5) is 27.9 Å². The molecular weight excluding hydrogens is 452 g/mol. The molecule has 4 heterocycles. The number of amides is 2. The number of carbonyl (C=O) groups is 2. The van der Waals surface area contributed by atoms with Crippen LogP contribution in [0.5, 0.6) is 5.75 Å². The predicted molar refractivity (Wildman–Crippen MR) is 130 cm³/mol. The van der Waals surface area contributed by atoms with Gasteiger partial charge in [-0.3, -0.25) is 4.79 Å². The summed E-state index contributed by atoms with van der Waals surface area (Å²) in [6.07, 6.45) is 2.25. The SMILES string of the molecule is CC(NC(=O)O)C1CCN(c2nc(Nc3ccc4c(c3)NC(=O)C(C)(C)O4)nc3ccoc23)CC1. The summed E-state index contributed by atoms with van der Waals surface area (Å²) >= 11 is 0. The summed E-state index contributed by atoms with van der Waals surface area (Å²) in [7, 11) is 0. The van der Waals surface area contributed by atoms with Gasteiger partial charge in [0, 0.05) is 30.9 Å². The van der Waals surface area contributed by atoms with Crippen LogP contribution in [0, 0.1) is 5.92 Å². The lowest BCUT2D eigenvalue weighted by Crippen LogP contribution is -2.45. The highest BCUT2D eigenvalue weighted by atomic mass is 16.5. The zero-order valence-electron chi connectivity index (χ0n) is 19.8. The van der Waals surface area contributed by atoms with Crippen LogP contribution in [0.15, 0.2) is 34.9 Å². The minimum absolute atomic E-state index is 0.111. The average Bonchev–Trinajstić information content (AvgIpc) is 3.28. The predicted octanol–water partition coefficient (Wildman–Crippen LogP) is 3.95. The lowest BCUT2D eigenvalue weighted by Gasteiger charge is -2.35. The van der Waals surface area contributed by atoms with E-state index in [4.69, 9.17) is 19.2 Å². The largest absolute Gasteiger partial charge is 0.476 e. The molecule has 1 saturated heterocycles. The first-order chi connectivity index (χ1) is 16.7. The number of ether oxygens (including phenoxy) is 1. The summed E-state index contributed by atoms with van der Waals surface area (Å²) in [5.41, 5.74) is 1.64. The number of rotatable bonds is 5. The number of hydrogen-bond acceptors (Lipinski definition) is 8. The van der Waals surface area contributed by atoms with Crippen molar-refractivity contribution in [3.63, 3.8) is 0 Å². The van der Waals surface area contributed by atoms with Crippen molar-refractivity contribution in [1.82, 2.24) is 15.3 Å². The Kier molecular flexibility index (Phi) is 5.62. The first kappa shape index (κ1) is 22.8. The van der Waals surface area contributed by atoms with Crippen LogP contribution >= 0.6 is 0 Å². The van der Waals surface area contributed by atoms with Gasteiger partial charge in [0.15, 0.2) is 17.0 Å². The number of aromatic nitrogens is 2. The minimum Gasteiger partial charge on any atom is -0.476 e. The molecule has 11 heteroatoms. The summed E-state index contributed by atoms with van der Waals surface area (Å²) < 4.78 is 11.5. The van der Waals surface area contributed by atoms with Crippen LogP contribution in [0.2, 0.25) is 0 Å². The monoisotopic (exact) mass is 480 g/mol. The molecule has 1 fully saturated rings. The van der Waals surface area contributed by atoms with E-state index in [0.717, 1.165) is 25.9 Å². The Hall–Kier alpha value is -4.02. The molecule has 0 bridgehead atoms. The smallest absolute Gasteiger partial charge is 0.404 e. The number of anilines is 4. The molecule has 1 aromatic carbocycles. The van der Waals surface area contributed by atoms with Crippen molar-refractivity contribution < 1.29 is 23.8 Å². The summed E-state index contributed by atoms with van der Waals surface area (Å²) in [4.78, 5) is 34.7. The van der Waals surface area contributed by atoms with Crippen molar-refractivity contribution >= 4 is 46.2 Å². The maximum Gasteiger partial charge on any atom is 0.404 e. The lowest BCUT2D eigenvalue weighted by atomic mass is 9.90. The second kappa shape index (κ2) is 8.64. The molecule has 4 N–H and O–H groups in total. The van der Waals surface area contributed by atoms with Crippen molar-refractivity contribution in [1.29, 1.82) is 0 Å². The number of nitrogens with zero attached hydrogens (tertiary/aromatic N) is 3. The summed E-state index contributed by atoms with van der Waals surface area (Å²) in [6.45, 7) is 6.79. The van der Waals surface area contributed by atoms with Gasteiger partial charge < -0.3 is 35.1 Å². The number of carbonyl (C=O) groups excluding carboxylic acids is 1. The molecule has 2 aromatic heterocycles. The number of fused-ring (bicyclic) bond motifs is 2. The van der Waals surface area contributed by atoms with Gasteiger partial charge in [0.1, 0.15) is 11.3 Å². The summed E-state index contributed by atoms with van der Waals surface area (Å²) in [5.74, 6) is 1.74. The van der Waals surface area contributed by atoms with Crippen LogP contribution in [-0.2, 0) is 4.79 Å². The Bertz CT molecular complexity index is 1280. The van der Waals surface area contributed by atoms with E-state index in [1.807, 2.05) is 13.0 Å². The van der Waals surface area contributed by atoms with Crippen LogP contribution in [0.25, 0.3) is 11.1 Å². The number of nitrogens with one attached hydrogen (secondary N) is 3. The fraction of sp³-hybridized carbons (Fsp3) is 0.417. The molecular formula is C24H28N6O5. The second-order valence-corrected chi connectivity index (χ2v) is 9.47. The van der Waals surface area contributed by atoms with Crippen LogP contribution in [-0.4, -0.2) is 51.8 Å². The van der Waals surface area contributed by atoms with Crippen LogP contribution in [0.1, 0.15) is 33.6 Å². The van der Waals surface area contributed by atoms with E-state index in [0.29, 0.717) is 40.0 Å². The first-order valence-corrected chi connectivity index (χ1v) is 11.6. The molecule has 0 spiro atoms. The Balaban J connectivity index is 1.36. The standard InChI is InChI=1S/C24H28N6O5/c1-13(25-23(32)33)14-6-9-30(10-7-14)20-19-16(8-11-34-19)28-22(29-20)26-15-4-5-18-17(12-15)27-21(31)24(2,3)35-18/h4-5,8,11-14,25H,6-7,9-10H2,1-3H3,(H,27,31)(H,32,33)(H,26,28,29). The van der Waals surface area contributed by atoms with Crippen molar-refractivity contribution in [2.24, 2.45) is 5.92 Å². The molecule has 5 rings (SSSR count). The van der Waals surface area contributed by atoms with E-state index >= 15 is 0 Å². The van der Waals surface area contributed by atoms with Gasteiger partial charge in [-0.25, -0.2) is 9.78 Å². The van der Waals surface area contributed by atoms with E-state index in [1.165, 1.54) is 0 Å². The average molecular weight is 481 g/mol. The Morgan fingerprint density at radius 2 is 2.03 bits per heavy atom. The molecule has 2 aliphatic rings. The third-order valence-electron chi connectivity index (χ3n) is 6.58. The van der Waals surface area contributed by atoms with Gasteiger partial charge in [0.05, 0.1) is 12.0 Å².